The molecule has 0 aromatic heterocycles. The Morgan fingerprint density at radius 2 is 1.94 bits per heavy atom. The molecule has 4 rings (SSSR count). The summed E-state index contributed by atoms with van der Waals surface area (Å²) in [5.74, 6) is -0.305. The highest BCUT2D eigenvalue weighted by molar-refractivity contribution is 5.90. The maximum Gasteiger partial charge on any atom is 0.336 e. The minimum absolute atomic E-state index is 0.0370. The summed E-state index contributed by atoms with van der Waals surface area (Å²) in [4.78, 5) is 12.3. The molecular formula is C27H32O4. The summed E-state index contributed by atoms with van der Waals surface area (Å²) < 4.78 is 17.9. The van der Waals surface area contributed by atoms with Gasteiger partial charge in [0.2, 0.25) is 0 Å². The fourth-order valence-corrected chi connectivity index (χ4v) is 4.51. The molecule has 0 spiro atoms. The van der Waals surface area contributed by atoms with Gasteiger partial charge in [-0.3, -0.25) is 0 Å². The lowest BCUT2D eigenvalue weighted by Gasteiger charge is -2.41. The monoisotopic (exact) mass is 420 g/mol. The van der Waals surface area contributed by atoms with Crippen molar-refractivity contribution in [2.45, 2.75) is 70.4 Å². The molecule has 164 valence electrons. The Morgan fingerprint density at radius 1 is 1.13 bits per heavy atom. The van der Waals surface area contributed by atoms with Crippen LogP contribution < -0.4 is 0 Å². The van der Waals surface area contributed by atoms with Crippen LogP contribution in [0.1, 0.15) is 52.0 Å². The van der Waals surface area contributed by atoms with Gasteiger partial charge in [0.05, 0.1) is 18.3 Å². The first-order valence-electron chi connectivity index (χ1n) is 11.3. The van der Waals surface area contributed by atoms with E-state index in [0.717, 1.165) is 25.7 Å². The number of hydrogen-bond acceptors (Lipinski definition) is 4. The van der Waals surface area contributed by atoms with E-state index in [2.05, 4.69) is 56.3 Å². The fourth-order valence-electron chi connectivity index (χ4n) is 4.51. The van der Waals surface area contributed by atoms with E-state index in [0.29, 0.717) is 12.2 Å². The highest BCUT2D eigenvalue weighted by Crippen LogP contribution is 2.38. The first kappa shape index (κ1) is 21.8. The van der Waals surface area contributed by atoms with E-state index in [1.54, 1.807) is 0 Å². The van der Waals surface area contributed by atoms with Crippen LogP contribution in [-0.4, -0.2) is 31.1 Å². The quantitative estimate of drug-likeness (QED) is 0.434. The first-order valence-corrected chi connectivity index (χ1v) is 11.3. The molecule has 0 unspecified atom stereocenters. The number of benzene rings is 2. The van der Waals surface area contributed by atoms with E-state index < -0.39 is 6.10 Å². The Labute approximate surface area is 184 Å². The van der Waals surface area contributed by atoms with Crippen LogP contribution in [-0.2, 0) is 24.4 Å². The van der Waals surface area contributed by atoms with Crippen LogP contribution in [0.5, 0.6) is 0 Å². The number of ether oxygens (including phenoxy) is 3. The third-order valence-electron chi connectivity index (χ3n) is 6.42. The second-order valence-electron chi connectivity index (χ2n) is 8.87. The molecule has 3 atom stereocenters. The second kappa shape index (κ2) is 9.37. The number of fused-ring (bicyclic) bond motifs is 1. The third kappa shape index (κ3) is 4.76. The number of carbonyl (C=O) groups is 1. The van der Waals surface area contributed by atoms with Gasteiger partial charge in [0.25, 0.3) is 0 Å². The minimum atomic E-state index is -0.416. The van der Waals surface area contributed by atoms with Crippen molar-refractivity contribution in [1.29, 1.82) is 0 Å². The van der Waals surface area contributed by atoms with Crippen molar-refractivity contribution < 1.29 is 19.0 Å². The molecule has 31 heavy (non-hydrogen) atoms. The molecule has 1 aliphatic carbocycles. The van der Waals surface area contributed by atoms with Gasteiger partial charge in [0.1, 0.15) is 6.10 Å². The van der Waals surface area contributed by atoms with Gasteiger partial charge in [-0.05, 0) is 48.9 Å². The SMILES string of the molecule is CCOC(=O)C1=CCC=C[C@@H]1O[C@H]1CCC[C@H](C(C)(C)c2ccc3ccccc3c2)O1. The Kier molecular flexibility index (Phi) is 6.59. The third-order valence-corrected chi connectivity index (χ3v) is 6.42. The largest absolute Gasteiger partial charge is 0.463 e. The van der Waals surface area contributed by atoms with Crippen molar-refractivity contribution in [3.8, 4) is 0 Å². The molecule has 1 saturated heterocycles. The smallest absolute Gasteiger partial charge is 0.336 e. The average Bonchev–Trinajstić information content (AvgIpc) is 2.79. The molecule has 0 N–H and O–H groups in total. The molecular weight excluding hydrogens is 388 g/mol. The summed E-state index contributed by atoms with van der Waals surface area (Å²) in [6, 6.07) is 15.1. The van der Waals surface area contributed by atoms with E-state index in [4.69, 9.17) is 14.2 Å². The number of carbonyl (C=O) groups excluding carboxylic acids is 1. The van der Waals surface area contributed by atoms with Crippen LogP contribution in [0.25, 0.3) is 10.8 Å². The molecule has 0 bridgehead atoms. The molecule has 4 heteroatoms. The lowest BCUT2D eigenvalue weighted by Crippen LogP contribution is -2.43. The maximum absolute atomic E-state index is 12.3. The van der Waals surface area contributed by atoms with Crippen molar-refractivity contribution >= 4 is 16.7 Å². The van der Waals surface area contributed by atoms with Gasteiger partial charge in [-0.2, -0.15) is 0 Å². The maximum atomic E-state index is 12.3. The summed E-state index contributed by atoms with van der Waals surface area (Å²) >= 11 is 0. The van der Waals surface area contributed by atoms with Gasteiger partial charge in [0.15, 0.2) is 6.29 Å². The van der Waals surface area contributed by atoms with Crippen molar-refractivity contribution in [2.24, 2.45) is 0 Å². The van der Waals surface area contributed by atoms with Crippen LogP contribution >= 0.6 is 0 Å². The second-order valence-corrected chi connectivity index (χ2v) is 8.87. The van der Waals surface area contributed by atoms with Crippen LogP contribution in [0, 0.1) is 0 Å². The van der Waals surface area contributed by atoms with Gasteiger partial charge in [0, 0.05) is 5.41 Å². The fraction of sp³-hybridized carbons (Fsp3) is 0.444. The molecule has 2 aliphatic rings. The summed E-state index contributed by atoms with van der Waals surface area (Å²) in [7, 11) is 0. The van der Waals surface area contributed by atoms with Crippen LogP contribution in [0.3, 0.4) is 0 Å². The topological polar surface area (TPSA) is 44.8 Å². The lowest BCUT2D eigenvalue weighted by atomic mass is 9.76. The summed E-state index contributed by atoms with van der Waals surface area (Å²) in [6.07, 6.45) is 8.69. The van der Waals surface area contributed by atoms with E-state index in [-0.39, 0.29) is 23.8 Å². The Balaban J connectivity index is 1.48. The van der Waals surface area contributed by atoms with Gasteiger partial charge >= 0.3 is 5.97 Å². The van der Waals surface area contributed by atoms with E-state index >= 15 is 0 Å². The zero-order valence-electron chi connectivity index (χ0n) is 18.7. The van der Waals surface area contributed by atoms with Crippen molar-refractivity contribution in [3.63, 3.8) is 0 Å². The van der Waals surface area contributed by atoms with Crippen LogP contribution in [0.4, 0.5) is 0 Å². The van der Waals surface area contributed by atoms with Crippen molar-refractivity contribution in [3.05, 3.63) is 71.8 Å². The number of rotatable bonds is 6. The number of hydrogen-bond donors (Lipinski definition) is 0. The highest BCUT2D eigenvalue weighted by atomic mass is 16.7. The Bertz CT molecular complexity index is 988. The molecule has 1 heterocycles. The molecule has 4 nitrogen and oxygen atoms in total. The van der Waals surface area contributed by atoms with Gasteiger partial charge in [-0.25, -0.2) is 4.79 Å². The van der Waals surface area contributed by atoms with Gasteiger partial charge in [-0.1, -0.05) is 74.5 Å². The predicted molar refractivity (Wildman–Crippen MR) is 123 cm³/mol. The number of esters is 1. The highest BCUT2D eigenvalue weighted by Gasteiger charge is 2.38. The molecule has 0 saturated carbocycles. The van der Waals surface area contributed by atoms with Gasteiger partial charge < -0.3 is 14.2 Å². The predicted octanol–water partition coefficient (Wildman–Crippen LogP) is 5.85. The normalized spacial score (nSPS) is 24.1. The number of allylic oxidation sites excluding steroid dienone is 2. The average molecular weight is 421 g/mol. The molecule has 1 aliphatic heterocycles. The minimum Gasteiger partial charge on any atom is -0.463 e. The molecule has 0 amide bonds. The molecule has 2 aromatic rings. The van der Waals surface area contributed by atoms with E-state index in [1.165, 1.54) is 16.3 Å². The lowest BCUT2D eigenvalue weighted by molar-refractivity contribution is -0.215. The van der Waals surface area contributed by atoms with Crippen LogP contribution in [0.2, 0.25) is 0 Å². The van der Waals surface area contributed by atoms with E-state index in [9.17, 15) is 4.79 Å². The zero-order chi connectivity index (χ0) is 21.8. The summed E-state index contributed by atoms with van der Waals surface area (Å²) in [6.45, 7) is 6.66. The van der Waals surface area contributed by atoms with Crippen LogP contribution in [0.15, 0.2) is 66.3 Å². The van der Waals surface area contributed by atoms with Crippen molar-refractivity contribution in [1.82, 2.24) is 0 Å². The van der Waals surface area contributed by atoms with Gasteiger partial charge in [-0.15, -0.1) is 0 Å². The first-order chi connectivity index (χ1) is 15.0. The van der Waals surface area contributed by atoms with E-state index in [1.807, 2.05) is 25.2 Å². The summed E-state index contributed by atoms with van der Waals surface area (Å²) in [5.41, 5.74) is 1.68. The summed E-state index contributed by atoms with van der Waals surface area (Å²) in [5, 5.41) is 2.49. The Morgan fingerprint density at radius 3 is 2.74 bits per heavy atom. The molecule has 0 radical (unpaired) electrons. The standard InChI is InChI=1S/C27H32O4/c1-4-29-26(28)22-12-7-8-13-23(22)30-25-15-9-14-24(31-25)27(2,3)21-17-16-19-10-5-6-11-20(19)18-21/h5-6,8,10-13,16-18,23-25H,4,7,9,14-15H2,1-3H3/t23-,24+,25+/m0/s1. The molecule has 2 aromatic carbocycles. The molecule has 1 fully saturated rings. The van der Waals surface area contributed by atoms with Crippen molar-refractivity contribution in [2.75, 3.05) is 6.61 Å². The Hall–Kier alpha value is -2.43. The zero-order valence-corrected chi connectivity index (χ0v) is 18.7.